The number of rotatable bonds is 8. The first-order valence-corrected chi connectivity index (χ1v) is 8.97. The zero-order valence-corrected chi connectivity index (χ0v) is 14.1. The molecule has 0 atom stereocenters. The van der Waals surface area contributed by atoms with E-state index >= 15 is 0 Å². The molecule has 0 saturated carbocycles. The molecule has 7 heteroatoms. The van der Waals surface area contributed by atoms with Crippen molar-refractivity contribution < 1.29 is 12.8 Å². The van der Waals surface area contributed by atoms with Gasteiger partial charge in [-0.2, -0.15) is 0 Å². The third-order valence-electron chi connectivity index (χ3n) is 2.73. The van der Waals surface area contributed by atoms with E-state index in [1.165, 1.54) is 6.07 Å². The maximum atomic E-state index is 13.4. The largest absolute Gasteiger partial charge is 0.317 e. The Morgan fingerprint density at radius 2 is 2.00 bits per heavy atom. The topological polar surface area (TPSA) is 58.2 Å². The van der Waals surface area contributed by atoms with Crippen LogP contribution in [0.3, 0.4) is 0 Å². The minimum Gasteiger partial charge on any atom is -0.317 e. The highest BCUT2D eigenvalue weighted by Gasteiger charge is 2.13. The highest BCUT2D eigenvalue weighted by atomic mass is 79.9. The second kappa shape index (κ2) is 7.95. The Bertz CT molecular complexity index is 550. The summed E-state index contributed by atoms with van der Waals surface area (Å²) < 4.78 is 40.0. The van der Waals surface area contributed by atoms with Crippen LogP contribution in [0.25, 0.3) is 0 Å². The molecule has 4 nitrogen and oxygen atoms in total. The predicted molar refractivity (Wildman–Crippen MR) is 84.0 cm³/mol. The average Bonchev–Trinajstić information content (AvgIpc) is 2.35. The first-order valence-electron chi connectivity index (χ1n) is 6.52. The van der Waals surface area contributed by atoms with Crippen LogP contribution in [0, 0.1) is 12.7 Å². The number of hydrogen-bond donors (Lipinski definition) is 2. The number of benzene rings is 1. The maximum Gasteiger partial charge on any atom is 0.232 e. The molecule has 1 aromatic carbocycles. The molecule has 0 aliphatic rings. The van der Waals surface area contributed by atoms with E-state index in [-0.39, 0.29) is 11.4 Å². The Kier molecular flexibility index (Phi) is 6.91. The number of nitrogens with one attached hydrogen (secondary N) is 2. The van der Waals surface area contributed by atoms with Gasteiger partial charge in [0.05, 0.1) is 15.9 Å². The summed E-state index contributed by atoms with van der Waals surface area (Å²) in [4.78, 5) is 0. The summed E-state index contributed by atoms with van der Waals surface area (Å²) in [6, 6.07) is 2.74. The monoisotopic (exact) mass is 366 g/mol. The molecule has 2 N–H and O–H groups in total. The van der Waals surface area contributed by atoms with Gasteiger partial charge >= 0.3 is 0 Å². The highest BCUT2D eigenvalue weighted by Crippen LogP contribution is 2.24. The number of halogens is 2. The van der Waals surface area contributed by atoms with E-state index in [9.17, 15) is 12.8 Å². The molecule has 0 aliphatic heterocycles. The zero-order valence-electron chi connectivity index (χ0n) is 11.7. The molecule has 0 amide bonds. The van der Waals surface area contributed by atoms with Gasteiger partial charge in [0, 0.05) is 0 Å². The van der Waals surface area contributed by atoms with Crippen molar-refractivity contribution in [2.45, 2.75) is 26.7 Å². The third-order valence-corrected chi connectivity index (χ3v) is 4.69. The molecule has 0 saturated heterocycles. The molecule has 0 aliphatic carbocycles. The van der Waals surface area contributed by atoms with Gasteiger partial charge in [0.1, 0.15) is 5.82 Å². The Morgan fingerprint density at radius 1 is 1.30 bits per heavy atom. The van der Waals surface area contributed by atoms with Crippen LogP contribution in [0.1, 0.15) is 25.3 Å². The minimum atomic E-state index is -3.45. The van der Waals surface area contributed by atoms with Gasteiger partial charge in [-0.1, -0.05) is 6.92 Å². The van der Waals surface area contributed by atoms with Crippen LogP contribution in [0.15, 0.2) is 16.6 Å². The van der Waals surface area contributed by atoms with Gasteiger partial charge in [-0.25, -0.2) is 12.8 Å². The summed E-state index contributed by atoms with van der Waals surface area (Å²) in [5, 5.41) is 3.14. The quantitative estimate of drug-likeness (QED) is 0.695. The summed E-state index contributed by atoms with van der Waals surface area (Å²) in [5.41, 5.74) is 0.957. The lowest BCUT2D eigenvalue weighted by atomic mass is 10.2. The lowest BCUT2D eigenvalue weighted by Gasteiger charge is -2.11. The number of sulfonamides is 1. The van der Waals surface area contributed by atoms with Crippen LogP contribution in [-0.2, 0) is 10.0 Å². The van der Waals surface area contributed by atoms with Crippen molar-refractivity contribution >= 4 is 31.6 Å². The molecule has 0 heterocycles. The fraction of sp³-hybridized carbons (Fsp3) is 0.538. The first kappa shape index (κ1) is 17.4. The molecule has 0 unspecified atom stereocenters. The van der Waals surface area contributed by atoms with E-state index in [2.05, 4.69) is 32.9 Å². The highest BCUT2D eigenvalue weighted by molar-refractivity contribution is 9.10. The normalized spacial score (nSPS) is 11.6. The molecular formula is C13H20BrFN2O2S. The van der Waals surface area contributed by atoms with Gasteiger partial charge in [-0.15, -0.1) is 0 Å². The Labute approximate surface area is 128 Å². The van der Waals surface area contributed by atoms with Crippen molar-refractivity contribution in [3.05, 3.63) is 28.0 Å². The summed E-state index contributed by atoms with van der Waals surface area (Å²) in [6.07, 6.45) is 1.54. The molecule has 0 radical (unpaired) electrons. The van der Waals surface area contributed by atoms with Crippen LogP contribution >= 0.6 is 15.9 Å². The summed E-state index contributed by atoms with van der Waals surface area (Å²) in [6.45, 7) is 5.31. The summed E-state index contributed by atoms with van der Waals surface area (Å²) in [5.74, 6) is -0.473. The van der Waals surface area contributed by atoms with E-state index in [4.69, 9.17) is 0 Å². The molecule has 20 heavy (non-hydrogen) atoms. The van der Waals surface area contributed by atoms with Gasteiger partial charge < -0.3 is 5.32 Å². The second-order valence-corrected chi connectivity index (χ2v) is 7.30. The molecule has 114 valence electrons. The van der Waals surface area contributed by atoms with Gasteiger partial charge in [-0.3, -0.25) is 4.72 Å². The molecule has 0 bridgehead atoms. The number of aryl methyl sites for hydroxylation is 1. The van der Waals surface area contributed by atoms with E-state index in [0.717, 1.165) is 13.0 Å². The number of anilines is 1. The maximum absolute atomic E-state index is 13.4. The van der Waals surface area contributed by atoms with Gasteiger partial charge in [0.15, 0.2) is 0 Å². The fourth-order valence-corrected chi connectivity index (χ4v) is 3.30. The van der Waals surface area contributed by atoms with E-state index in [1.54, 1.807) is 13.0 Å². The van der Waals surface area contributed by atoms with Crippen LogP contribution in [0.5, 0.6) is 0 Å². The Hall–Kier alpha value is -0.660. The molecular weight excluding hydrogens is 347 g/mol. The van der Waals surface area contributed by atoms with Crippen LogP contribution in [-0.4, -0.2) is 27.3 Å². The SMILES string of the molecule is CCCNCCCS(=O)(=O)Nc1cc(F)c(Br)cc1C. The third kappa shape index (κ3) is 5.76. The van der Waals surface area contributed by atoms with Crippen molar-refractivity contribution in [1.29, 1.82) is 0 Å². The molecule has 0 fully saturated rings. The van der Waals surface area contributed by atoms with Crippen LogP contribution in [0.4, 0.5) is 10.1 Å². The van der Waals surface area contributed by atoms with E-state index in [1.807, 2.05) is 0 Å². The number of hydrogen-bond acceptors (Lipinski definition) is 3. The fourth-order valence-electron chi connectivity index (χ4n) is 1.66. The van der Waals surface area contributed by atoms with E-state index < -0.39 is 15.8 Å². The smallest absolute Gasteiger partial charge is 0.232 e. The van der Waals surface area contributed by atoms with Crippen molar-refractivity contribution in [1.82, 2.24) is 5.32 Å². The molecule has 1 aromatic rings. The average molecular weight is 367 g/mol. The lowest BCUT2D eigenvalue weighted by Crippen LogP contribution is -2.22. The summed E-state index contributed by atoms with van der Waals surface area (Å²) >= 11 is 3.07. The minimum absolute atomic E-state index is 0.0147. The van der Waals surface area contributed by atoms with Crippen LogP contribution in [0.2, 0.25) is 0 Å². The molecule has 0 spiro atoms. The molecule has 0 aromatic heterocycles. The Balaban J connectivity index is 2.60. The van der Waals surface area contributed by atoms with Crippen molar-refractivity contribution in [3.8, 4) is 0 Å². The van der Waals surface area contributed by atoms with Gasteiger partial charge in [-0.05, 0) is 66.5 Å². The van der Waals surface area contributed by atoms with Crippen molar-refractivity contribution in [2.24, 2.45) is 0 Å². The summed E-state index contributed by atoms with van der Waals surface area (Å²) in [7, 11) is -3.45. The zero-order chi connectivity index (χ0) is 15.2. The van der Waals surface area contributed by atoms with Crippen LogP contribution < -0.4 is 10.0 Å². The van der Waals surface area contributed by atoms with Crippen molar-refractivity contribution in [2.75, 3.05) is 23.6 Å². The van der Waals surface area contributed by atoms with Gasteiger partial charge in [0.2, 0.25) is 10.0 Å². The second-order valence-electron chi connectivity index (χ2n) is 4.61. The molecule has 1 rings (SSSR count). The predicted octanol–water partition coefficient (Wildman–Crippen LogP) is 3.03. The van der Waals surface area contributed by atoms with Gasteiger partial charge in [0.25, 0.3) is 0 Å². The lowest BCUT2D eigenvalue weighted by molar-refractivity contribution is 0.593. The van der Waals surface area contributed by atoms with Crippen molar-refractivity contribution in [3.63, 3.8) is 0 Å². The Morgan fingerprint density at radius 3 is 2.65 bits per heavy atom. The van der Waals surface area contributed by atoms with E-state index in [0.29, 0.717) is 23.0 Å². The first-order chi connectivity index (χ1) is 9.35. The standard InChI is InChI=1S/C13H20BrFN2O2S/c1-3-5-16-6-4-7-20(18,19)17-13-9-12(15)11(14)8-10(13)2/h8-9,16-17H,3-7H2,1-2H3.